The molecule has 0 radical (unpaired) electrons. The Morgan fingerprint density at radius 2 is 1.64 bits per heavy atom. The molecule has 0 spiro atoms. The van der Waals surface area contributed by atoms with E-state index < -0.39 is 0 Å². The Balaban J connectivity index is 1.41. The number of hydrogen-bond donors (Lipinski definition) is 0. The molecule has 4 rings (SSSR count). The summed E-state index contributed by atoms with van der Waals surface area (Å²) >= 11 is 0. The Morgan fingerprint density at radius 1 is 0.964 bits per heavy atom. The molecule has 1 aliphatic carbocycles. The van der Waals surface area contributed by atoms with Crippen molar-refractivity contribution in [1.29, 1.82) is 0 Å². The van der Waals surface area contributed by atoms with Gasteiger partial charge < -0.3 is 14.4 Å². The molecule has 0 bridgehead atoms. The van der Waals surface area contributed by atoms with Gasteiger partial charge in [0, 0.05) is 25.7 Å². The summed E-state index contributed by atoms with van der Waals surface area (Å²) in [6.45, 7) is 5.25. The predicted octanol–water partition coefficient (Wildman–Crippen LogP) is 3.51. The number of rotatable bonds is 7. The van der Waals surface area contributed by atoms with Gasteiger partial charge in [0.15, 0.2) is 6.61 Å². The maximum atomic E-state index is 13.0. The fourth-order valence-corrected chi connectivity index (χ4v) is 3.86. The molecular weight excluding hydrogens is 352 g/mol. The first-order chi connectivity index (χ1) is 13.7. The highest BCUT2D eigenvalue weighted by molar-refractivity contribution is 5.78. The molecule has 0 N–H and O–H groups in total. The molecule has 2 fully saturated rings. The standard InChI is InChI=1S/C23H28N2O3/c1-2-27-20-10-12-21(13-11-20)28-17-23(26)25-15-14-24(19-8-9-19)16-22(25)18-6-4-3-5-7-18/h3-7,10-13,19,22H,2,8-9,14-17H2,1H3. The summed E-state index contributed by atoms with van der Waals surface area (Å²) in [5.74, 6) is 1.53. The molecule has 28 heavy (non-hydrogen) atoms. The van der Waals surface area contributed by atoms with Gasteiger partial charge >= 0.3 is 0 Å². The molecule has 1 aliphatic heterocycles. The first kappa shape index (κ1) is 18.8. The minimum Gasteiger partial charge on any atom is -0.494 e. The molecule has 1 atom stereocenters. The van der Waals surface area contributed by atoms with Crippen LogP contribution in [0.25, 0.3) is 0 Å². The number of carbonyl (C=O) groups is 1. The van der Waals surface area contributed by atoms with Crippen molar-refractivity contribution < 1.29 is 14.3 Å². The number of ether oxygens (including phenoxy) is 2. The minimum absolute atomic E-state index is 0.0400. The van der Waals surface area contributed by atoms with E-state index in [1.807, 2.05) is 54.3 Å². The predicted molar refractivity (Wildman–Crippen MR) is 109 cm³/mol. The van der Waals surface area contributed by atoms with E-state index in [0.29, 0.717) is 18.4 Å². The van der Waals surface area contributed by atoms with E-state index in [-0.39, 0.29) is 18.6 Å². The molecule has 2 aromatic carbocycles. The molecule has 1 unspecified atom stereocenters. The first-order valence-electron chi connectivity index (χ1n) is 10.2. The third kappa shape index (κ3) is 4.47. The number of nitrogens with zero attached hydrogens (tertiary/aromatic N) is 2. The molecule has 148 valence electrons. The van der Waals surface area contributed by atoms with Gasteiger partial charge in [-0.15, -0.1) is 0 Å². The molecule has 2 aliphatic rings. The zero-order valence-corrected chi connectivity index (χ0v) is 16.4. The number of benzene rings is 2. The Labute approximate surface area is 166 Å². The molecule has 1 heterocycles. The summed E-state index contributed by atoms with van der Waals surface area (Å²) in [6.07, 6.45) is 2.58. The fraction of sp³-hybridized carbons (Fsp3) is 0.435. The minimum atomic E-state index is 0.0400. The van der Waals surface area contributed by atoms with Gasteiger partial charge in [-0.25, -0.2) is 0 Å². The summed E-state index contributed by atoms with van der Waals surface area (Å²) in [5, 5.41) is 0. The van der Waals surface area contributed by atoms with Gasteiger partial charge in [-0.05, 0) is 49.6 Å². The van der Waals surface area contributed by atoms with Crippen molar-refractivity contribution in [2.45, 2.75) is 31.8 Å². The lowest BCUT2D eigenvalue weighted by Crippen LogP contribution is -2.52. The van der Waals surface area contributed by atoms with E-state index in [9.17, 15) is 4.79 Å². The molecule has 0 aromatic heterocycles. The van der Waals surface area contributed by atoms with Gasteiger partial charge in [0.05, 0.1) is 12.6 Å². The van der Waals surface area contributed by atoms with Crippen LogP contribution < -0.4 is 9.47 Å². The molecule has 1 saturated carbocycles. The molecule has 1 saturated heterocycles. The summed E-state index contributed by atoms with van der Waals surface area (Å²) in [5.41, 5.74) is 1.20. The van der Waals surface area contributed by atoms with Crippen molar-refractivity contribution in [3.8, 4) is 11.5 Å². The second-order valence-electron chi connectivity index (χ2n) is 7.43. The number of amides is 1. The quantitative estimate of drug-likeness (QED) is 0.737. The summed E-state index contributed by atoms with van der Waals surface area (Å²) in [6, 6.07) is 18.6. The number of piperazine rings is 1. The third-order valence-electron chi connectivity index (χ3n) is 5.48. The number of hydrogen-bond acceptors (Lipinski definition) is 4. The summed E-state index contributed by atoms with van der Waals surface area (Å²) < 4.78 is 11.2. The largest absolute Gasteiger partial charge is 0.494 e. The van der Waals surface area contributed by atoms with Crippen molar-refractivity contribution in [2.75, 3.05) is 32.8 Å². The zero-order valence-electron chi connectivity index (χ0n) is 16.4. The monoisotopic (exact) mass is 380 g/mol. The van der Waals surface area contributed by atoms with Crippen LogP contribution in [0.15, 0.2) is 54.6 Å². The molecular formula is C23H28N2O3. The van der Waals surface area contributed by atoms with Crippen LogP contribution in [0.1, 0.15) is 31.4 Å². The summed E-state index contributed by atoms with van der Waals surface area (Å²) in [7, 11) is 0. The fourth-order valence-electron chi connectivity index (χ4n) is 3.86. The summed E-state index contributed by atoms with van der Waals surface area (Å²) in [4.78, 5) is 17.5. The van der Waals surface area contributed by atoms with Crippen molar-refractivity contribution >= 4 is 5.91 Å². The van der Waals surface area contributed by atoms with Crippen LogP contribution in [-0.4, -0.2) is 54.6 Å². The van der Waals surface area contributed by atoms with E-state index >= 15 is 0 Å². The Kier molecular flexibility index (Phi) is 5.81. The van der Waals surface area contributed by atoms with Crippen LogP contribution >= 0.6 is 0 Å². The first-order valence-corrected chi connectivity index (χ1v) is 10.2. The lowest BCUT2D eigenvalue weighted by molar-refractivity contribution is -0.138. The maximum absolute atomic E-state index is 13.0. The van der Waals surface area contributed by atoms with Crippen LogP contribution in [0.4, 0.5) is 0 Å². The second kappa shape index (κ2) is 8.65. The van der Waals surface area contributed by atoms with Crippen LogP contribution in [0.2, 0.25) is 0 Å². The van der Waals surface area contributed by atoms with E-state index in [1.54, 1.807) is 0 Å². The Morgan fingerprint density at radius 3 is 2.29 bits per heavy atom. The molecule has 5 nitrogen and oxygen atoms in total. The lowest BCUT2D eigenvalue weighted by atomic mass is 10.0. The van der Waals surface area contributed by atoms with Gasteiger partial charge in [-0.3, -0.25) is 9.69 Å². The third-order valence-corrected chi connectivity index (χ3v) is 5.48. The number of carbonyl (C=O) groups excluding carboxylic acids is 1. The van der Waals surface area contributed by atoms with Crippen LogP contribution in [0, 0.1) is 0 Å². The van der Waals surface area contributed by atoms with Gasteiger partial charge in [-0.1, -0.05) is 30.3 Å². The Hall–Kier alpha value is -2.53. The highest BCUT2D eigenvalue weighted by atomic mass is 16.5. The van der Waals surface area contributed by atoms with Gasteiger partial charge in [0.25, 0.3) is 5.91 Å². The molecule has 1 amide bonds. The average Bonchev–Trinajstić information content (AvgIpc) is 3.59. The zero-order chi connectivity index (χ0) is 19.3. The lowest BCUT2D eigenvalue weighted by Gasteiger charge is -2.42. The van der Waals surface area contributed by atoms with E-state index in [4.69, 9.17) is 9.47 Å². The Bertz CT molecular complexity index is 774. The van der Waals surface area contributed by atoms with Crippen molar-refractivity contribution in [3.05, 3.63) is 60.2 Å². The van der Waals surface area contributed by atoms with Gasteiger partial charge in [-0.2, -0.15) is 0 Å². The van der Waals surface area contributed by atoms with E-state index in [1.165, 1.54) is 18.4 Å². The normalized spacial score (nSPS) is 20.0. The maximum Gasteiger partial charge on any atom is 0.261 e. The SMILES string of the molecule is CCOc1ccc(OCC(=O)N2CCN(C3CC3)CC2c2ccccc2)cc1. The second-order valence-corrected chi connectivity index (χ2v) is 7.43. The van der Waals surface area contributed by atoms with Crippen molar-refractivity contribution in [1.82, 2.24) is 9.80 Å². The highest BCUT2D eigenvalue weighted by Crippen LogP contribution is 2.33. The van der Waals surface area contributed by atoms with Crippen molar-refractivity contribution in [2.24, 2.45) is 0 Å². The van der Waals surface area contributed by atoms with Gasteiger partial charge in [0.2, 0.25) is 0 Å². The van der Waals surface area contributed by atoms with Crippen LogP contribution in [0.3, 0.4) is 0 Å². The van der Waals surface area contributed by atoms with Crippen LogP contribution in [-0.2, 0) is 4.79 Å². The smallest absolute Gasteiger partial charge is 0.261 e. The highest BCUT2D eigenvalue weighted by Gasteiger charge is 2.37. The van der Waals surface area contributed by atoms with Crippen LogP contribution in [0.5, 0.6) is 11.5 Å². The van der Waals surface area contributed by atoms with Crippen molar-refractivity contribution in [3.63, 3.8) is 0 Å². The van der Waals surface area contributed by atoms with E-state index in [2.05, 4.69) is 17.0 Å². The molecule has 5 heteroatoms. The topological polar surface area (TPSA) is 42.0 Å². The molecule has 2 aromatic rings. The van der Waals surface area contributed by atoms with Gasteiger partial charge in [0.1, 0.15) is 11.5 Å². The average molecular weight is 380 g/mol. The van der Waals surface area contributed by atoms with E-state index in [0.717, 1.165) is 25.4 Å².